The van der Waals surface area contributed by atoms with Crippen LogP contribution in [0.25, 0.3) is 0 Å². The third-order valence-electron chi connectivity index (χ3n) is 3.61. The van der Waals surface area contributed by atoms with Crippen molar-refractivity contribution in [3.63, 3.8) is 0 Å². The molecule has 5 heteroatoms. The zero-order valence-corrected chi connectivity index (χ0v) is 12.2. The van der Waals surface area contributed by atoms with Crippen LogP contribution in [-0.4, -0.2) is 14.0 Å². The van der Waals surface area contributed by atoms with Gasteiger partial charge in [0.05, 0.1) is 11.0 Å². The molecule has 102 valence electrons. The largest absolute Gasteiger partial charge is 0.242 e. The molecule has 0 saturated heterocycles. The fourth-order valence-electron chi connectivity index (χ4n) is 2.19. The van der Waals surface area contributed by atoms with Crippen LogP contribution in [-0.2, 0) is 10.0 Å². The van der Waals surface area contributed by atoms with Gasteiger partial charge in [0, 0.05) is 0 Å². The summed E-state index contributed by atoms with van der Waals surface area (Å²) in [5.74, 6) is 0.123. The van der Waals surface area contributed by atoms with E-state index in [2.05, 4.69) is 10.8 Å². The first-order valence-electron chi connectivity index (χ1n) is 6.31. The minimum atomic E-state index is -3.66. The maximum Gasteiger partial charge on any atom is 0.242 e. The number of rotatable bonds is 4. The van der Waals surface area contributed by atoms with Gasteiger partial charge in [-0.15, -0.1) is 0 Å². The van der Waals surface area contributed by atoms with E-state index in [1.54, 1.807) is 26.0 Å². The highest BCUT2D eigenvalue weighted by atomic mass is 32.2. The third-order valence-corrected chi connectivity index (χ3v) is 5.32. The molecule has 1 atom stereocenters. The van der Waals surface area contributed by atoms with Gasteiger partial charge >= 0.3 is 0 Å². The molecule has 0 spiro atoms. The number of nitrogens with one attached hydrogen (secondary N) is 1. The van der Waals surface area contributed by atoms with E-state index in [1.165, 1.54) is 0 Å². The second-order valence-electron chi connectivity index (χ2n) is 5.46. The lowest BCUT2D eigenvalue weighted by Gasteiger charge is -2.23. The van der Waals surface area contributed by atoms with Gasteiger partial charge in [-0.25, -0.2) is 8.42 Å². The van der Waals surface area contributed by atoms with Crippen LogP contribution < -0.4 is 4.72 Å². The average Bonchev–Trinajstić information content (AvgIpc) is 3.15. The van der Waals surface area contributed by atoms with Gasteiger partial charge in [0.1, 0.15) is 5.54 Å². The number of hydrogen-bond donors (Lipinski definition) is 1. The molecular formula is C14H18N2O2S. The maximum atomic E-state index is 12.4. The van der Waals surface area contributed by atoms with E-state index in [-0.39, 0.29) is 10.8 Å². The lowest BCUT2D eigenvalue weighted by atomic mass is 10.0. The molecule has 0 radical (unpaired) electrons. The molecule has 19 heavy (non-hydrogen) atoms. The Kier molecular flexibility index (Phi) is 3.41. The van der Waals surface area contributed by atoms with Gasteiger partial charge in [-0.2, -0.15) is 9.98 Å². The first kappa shape index (κ1) is 14.0. The normalized spacial score (nSPS) is 18.6. The van der Waals surface area contributed by atoms with Crippen LogP contribution in [0.3, 0.4) is 0 Å². The van der Waals surface area contributed by atoms with Crippen LogP contribution >= 0.6 is 0 Å². The molecule has 0 unspecified atom stereocenters. The number of aryl methyl sites for hydroxylation is 2. The molecule has 0 amide bonds. The average molecular weight is 278 g/mol. The summed E-state index contributed by atoms with van der Waals surface area (Å²) in [4.78, 5) is 0.259. The number of nitriles is 1. The van der Waals surface area contributed by atoms with Crippen molar-refractivity contribution in [1.29, 1.82) is 5.26 Å². The zero-order valence-electron chi connectivity index (χ0n) is 11.4. The minimum absolute atomic E-state index is 0.123. The van der Waals surface area contributed by atoms with Crippen LogP contribution in [0.5, 0.6) is 0 Å². The van der Waals surface area contributed by atoms with Crippen molar-refractivity contribution < 1.29 is 8.42 Å². The molecule has 4 nitrogen and oxygen atoms in total. The SMILES string of the molecule is Cc1ccc(C)c(S(=O)(=O)N[C@@](C)(C#N)C2CC2)c1. The van der Waals surface area contributed by atoms with E-state index in [1.807, 2.05) is 13.0 Å². The molecular weight excluding hydrogens is 260 g/mol. The lowest BCUT2D eigenvalue weighted by Crippen LogP contribution is -2.46. The summed E-state index contributed by atoms with van der Waals surface area (Å²) < 4.78 is 27.5. The first-order valence-corrected chi connectivity index (χ1v) is 7.79. The van der Waals surface area contributed by atoms with Crippen molar-refractivity contribution in [2.45, 2.75) is 44.0 Å². The molecule has 1 saturated carbocycles. The van der Waals surface area contributed by atoms with E-state index in [9.17, 15) is 13.7 Å². The molecule has 2 rings (SSSR count). The van der Waals surface area contributed by atoms with Gasteiger partial charge in [-0.1, -0.05) is 12.1 Å². The van der Waals surface area contributed by atoms with Crippen molar-refractivity contribution >= 4 is 10.0 Å². The second-order valence-corrected chi connectivity index (χ2v) is 7.11. The van der Waals surface area contributed by atoms with E-state index in [0.717, 1.165) is 18.4 Å². The van der Waals surface area contributed by atoms with Gasteiger partial charge in [-0.05, 0) is 56.7 Å². The summed E-state index contributed by atoms with van der Waals surface area (Å²) in [5.41, 5.74) is 0.569. The third kappa shape index (κ3) is 2.80. The number of benzene rings is 1. The summed E-state index contributed by atoms with van der Waals surface area (Å²) >= 11 is 0. The van der Waals surface area contributed by atoms with Gasteiger partial charge < -0.3 is 0 Å². The van der Waals surface area contributed by atoms with Gasteiger partial charge in [0.15, 0.2) is 0 Å². The van der Waals surface area contributed by atoms with Crippen molar-refractivity contribution in [2.24, 2.45) is 5.92 Å². The summed E-state index contributed by atoms with van der Waals surface area (Å²) in [6.07, 6.45) is 1.80. The predicted molar refractivity (Wildman–Crippen MR) is 73.0 cm³/mol. The quantitative estimate of drug-likeness (QED) is 0.918. The van der Waals surface area contributed by atoms with Crippen LogP contribution in [0, 0.1) is 31.1 Å². The molecule has 0 bridgehead atoms. The molecule has 1 aromatic rings. The molecule has 1 fully saturated rings. The number of nitrogens with zero attached hydrogens (tertiary/aromatic N) is 1. The maximum absolute atomic E-state index is 12.4. The smallest absolute Gasteiger partial charge is 0.207 e. The first-order chi connectivity index (χ1) is 8.78. The fraction of sp³-hybridized carbons (Fsp3) is 0.500. The zero-order chi connectivity index (χ0) is 14.3. The molecule has 1 aliphatic rings. The summed E-state index contributed by atoms with van der Waals surface area (Å²) in [6, 6.07) is 7.41. The Labute approximate surface area is 114 Å². The Hall–Kier alpha value is -1.38. The van der Waals surface area contributed by atoms with Gasteiger partial charge in [0.25, 0.3) is 0 Å². The Balaban J connectivity index is 2.38. The Bertz CT molecular complexity index is 642. The number of sulfonamides is 1. The molecule has 0 aliphatic heterocycles. The van der Waals surface area contributed by atoms with Crippen molar-refractivity contribution in [3.05, 3.63) is 29.3 Å². The van der Waals surface area contributed by atoms with Crippen LogP contribution in [0.15, 0.2) is 23.1 Å². The highest BCUT2D eigenvalue weighted by Gasteiger charge is 2.44. The monoisotopic (exact) mass is 278 g/mol. The Morgan fingerprint density at radius 2 is 2.00 bits per heavy atom. The van der Waals surface area contributed by atoms with Crippen molar-refractivity contribution in [1.82, 2.24) is 4.72 Å². The van der Waals surface area contributed by atoms with E-state index < -0.39 is 15.6 Å². The minimum Gasteiger partial charge on any atom is -0.207 e. The van der Waals surface area contributed by atoms with Crippen LogP contribution in [0.4, 0.5) is 0 Å². The second kappa shape index (κ2) is 4.62. The van der Waals surface area contributed by atoms with Crippen molar-refractivity contribution in [3.8, 4) is 6.07 Å². The molecule has 0 heterocycles. The molecule has 1 aliphatic carbocycles. The van der Waals surface area contributed by atoms with Crippen molar-refractivity contribution in [2.75, 3.05) is 0 Å². The molecule has 1 N–H and O–H groups in total. The van der Waals surface area contributed by atoms with Crippen LogP contribution in [0.1, 0.15) is 30.9 Å². The lowest BCUT2D eigenvalue weighted by molar-refractivity contribution is 0.458. The highest BCUT2D eigenvalue weighted by molar-refractivity contribution is 7.89. The fourth-order valence-corrected chi connectivity index (χ4v) is 3.90. The van der Waals surface area contributed by atoms with Gasteiger partial charge in [-0.3, -0.25) is 0 Å². The topological polar surface area (TPSA) is 70.0 Å². The summed E-state index contributed by atoms with van der Waals surface area (Å²) in [7, 11) is -3.66. The predicted octanol–water partition coefficient (Wildman–Crippen LogP) is 2.27. The Morgan fingerprint density at radius 3 is 2.53 bits per heavy atom. The summed E-state index contributed by atoms with van der Waals surface area (Å²) in [5, 5.41) is 9.25. The van der Waals surface area contributed by atoms with E-state index in [0.29, 0.717) is 5.56 Å². The highest BCUT2D eigenvalue weighted by Crippen LogP contribution is 2.40. The van der Waals surface area contributed by atoms with E-state index >= 15 is 0 Å². The van der Waals surface area contributed by atoms with Gasteiger partial charge in [0.2, 0.25) is 10.0 Å². The Morgan fingerprint density at radius 1 is 1.37 bits per heavy atom. The standard InChI is InChI=1S/C14H18N2O2S/c1-10-4-5-11(2)13(8-10)19(17,18)16-14(3,9-15)12-6-7-12/h4-5,8,12,16H,6-7H2,1-3H3/t14-/m0/s1. The number of hydrogen-bond acceptors (Lipinski definition) is 3. The summed E-state index contributed by atoms with van der Waals surface area (Å²) in [6.45, 7) is 5.27. The van der Waals surface area contributed by atoms with Crippen LogP contribution in [0.2, 0.25) is 0 Å². The van der Waals surface area contributed by atoms with E-state index in [4.69, 9.17) is 0 Å². The molecule has 1 aromatic carbocycles. The molecule has 0 aromatic heterocycles.